The number of rotatable bonds is 4. The first-order valence-corrected chi connectivity index (χ1v) is 6.41. The van der Waals surface area contributed by atoms with E-state index in [1.807, 2.05) is 0 Å². The third kappa shape index (κ3) is 6.03. The van der Waals surface area contributed by atoms with Crippen LogP contribution in [0.25, 0.3) is 0 Å². The number of urea groups is 1. The van der Waals surface area contributed by atoms with E-state index in [2.05, 4.69) is 17.6 Å². The Bertz CT molecular complexity index is 384. The number of imide groups is 1. The molecule has 19 heavy (non-hydrogen) atoms. The van der Waals surface area contributed by atoms with Gasteiger partial charge in [0.05, 0.1) is 0 Å². The zero-order valence-electron chi connectivity index (χ0n) is 11.1. The normalized spacial score (nSPS) is 17.9. The van der Waals surface area contributed by atoms with Crippen molar-refractivity contribution >= 4 is 17.9 Å². The molecule has 1 aliphatic carbocycles. The van der Waals surface area contributed by atoms with Gasteiger partial charge in [0, 0.05) is 18.7 Å². The van der Waals surface area contributed by atoms with Gasteiger partial charge in [0.2, 0.25) is 0 Å². The minimum atomic E-state index is -1.23. The van der Waals surface area contributed by atoms with E-state index in [9.17, 15) is 14.4 Å². The van der Waals surface area contributed by atoms with E-state index in [1.165, 1.54) is 19.3 Å². The Morgan fingerprint density at radius 1 is 1.16 bits per heavy atom. The number of nitrogens with one attached hydrogen (secondary N) is 2. The standard InChI is InChI=1S/C13H20N2O4/c1-13(7-3-2-4-8-13)9-14-12(19)15-10(16)5-6-11(17)18/h5-6H,2-4,7-9H2,1H3,(H,17,18)(H2,14,15,16,19)/b6-5+. The lowest BCUT2D eigenvalue weighted by Gasteiger charge is -2.33. The Kier molecular flexibility index (Phi) is 5.54. The molecule has 1 rings (SSSR count). The maximum absolute atomic E-state index is 11.5. The molecule has 3 N–H and O–H groups in total. The summed E-state index contributed by atoms with van der Waals surface area (Å²) >= 11 is 0. The maximum atomic E-state index is 11.5. The molecule has 0 unspecified atom stereocenters. The summed E-state index contributed by atoms with van der Waals surface area (Å²) in [5.74, 6) is -1.97. The number of carboxylic acids is 1. The molecule has 0 spiro atoms. The SMILES string of the molecule is CC1(CNC(=O)NC(=O)/C=C/C(=O)O)CCCCC1. The molecule has 0 radical (unpaired) electrons. The topological polar surface area (TPSA) is 95.5 Å². The molecular weight excluding hydrogens is 248 g/mol. The minimum Gasteiger partial charge on any atom is -0.478 e. The first kappa shape index (κ1) is 15.2. The molecule has 0 atom stereocenters. The molecule has 1 saturated carbocycles. The van der Waals surface area contributed by atoms with Gasteiger partial charge in [-0.2, -0.15) is 0 Å². The molecule has 0 aliphatic heterocycles. The van der Waals surface area contributed by atoms with Gasteiger partial charge in [0.15, 0.2) is 0 Å². The van der Waals surface area contributed by atoms with Crippen molar-refractivity contribution in [2.24, 2.45) is 5.41 Å². The predicted octanol–water partition coefficient (Wildman–Crippen LogP) is 1.42. The van der Waals surface area contributed by atoms with Crippen molar-refractivity contribution in [3.05, 3.63) is 12.2 Å². The predicted molar refractivity (Wildman–Crippen MR) is 69.5 cm³/mol. The number of amides is 3. The van der Waals surface area contributed by atoms with Crippen molar-refractivity contribution in [2.75, 3.05) is 6.54 Å². The second-order valence-corrected chi connectivity index (χ2v) is 5.21. The van der Waals surface area contributed by atoms with Crippen LogP contribution in [-0.2, 0) is 9.59 Å². The van der Waals surface area contributed by atoms with Gasteiger partial charge < -0.3 is 10.4 Å². The van der Waals surface area contributed by atoms with E-state index in [0.29, 0.717) is 12.6 Å². The van der Waals surface area contributed by atoms with Gasteiger partial charge in [-0.15, -0.1) is 0 Å². The summed E-state index contributed by atoms with van der Waals surface area (Å²) in [5, 5.41) is 13.0. The van der Waals surface area contributed by atoms with Crippen LogP contribution < -0.4 is 10.6 Å². The minimum absolute atomic E-state index is 0.0928. The van der Waals surface area contributed by atoms with Crippen molar-refractivity contribution in [1.82, 2.24) is 10.6 Å². The molecule has 6 heteroatoms. The van der Waals surface area contributed by atoms with Crippen LogP contribution in [-0.4, -0.2) is 29.6 Å². The van der Waals surface area contributed by atoms with Crippen molar-refractivity contribution in [3.8, 4) is 0 Å². The summed E-state index contributed by atoms with van der Waals surface area (Å²) in [7, 11) is 0. The third-order valence-corrected chi connectivity index (χ3v) is 3.35. The monoisotopic (exact) mass is 268 g/mol. The van der Waals surface area contributed by atoms with Crippen molar-refractivity contribution in [3.63, 3.8) is 0 Å². The van der Waals surface area contributed by atoms with Crippen molar-refractivity contribution in [2.45, 2.75) is 39.0 Å². The number of carboxylic acid groups (broad SMARTS) is 1. The zero-order chi connectivity index (χ0) is 14.3. The van der Waals surface area contributed by atoms with E-state index in [-0.39, 0.29) is 5.41 Å². The highest BCUT2D eigenvalue weighted by molar-refractivity contribution is 6.02. The van der Waals surface area contributed by atoms with Gasteiger partial charge in [0.1, 0.15) is 0 Å². The Hall–Kier alpha value is -1.85. The number of hydrogen-bond donors (Lipinski definition) is 3. The lowest BCUT2D eigenvalue weighted by molar-refractivity contribution is -0.131. The van der Waals surface area contributed by atoms with Gasteiger partial charge in [-0.25, -0.2) is 9.59 Å². The lowest BCUT2D eigenvalue weighted by Crippen LogP contribution is -2.44. The Balaban J connectivity index is 2.31. The van der Waals surface area contributed by atoms with E-state index in [0.717, 1.165) is 18.9 Å². The smallest absolute Gasteiger partial charge is 0.328 e. The van der Waals surface area contributed by atoms with Crippen molar-refractivity contribution in [1.29, 1.82) is 0 Å². The van der Waals surface area contributed by atoms with Gasteiger partial charge >= 0.3 is 12.0 Å². The second kappa shape index (κ2) is 6.92. The lowest BCUT2D eigenvalue weighted by atomic mass is 9.76. The van der Waals surface area contributed by atoms with Gasteiger partial charge in [-0.3, -0.25) is 10.1 Å². The maximum Gasteiger partial charge on any atom is 0.328 e. The fourth-order valence-corrected chi connectivity index (χ4v) is 2.22. The average molecular weight is 268 g/mol. The number of carbonyl (C=O) groups excluding carboxylic acids is 2. The first-order valence-electron chi connectivity index (χ1n) is 6.41. The van der Waals surface area contributed by atoms with Crippen LogP contribution in [0.1, 0.15) is 39.0 Å². The Morgan fingerprint density at radius 3 is 2.37 bits per heavy atom. The van der Waals surface area contributed by atoms with Crippen molar-refractivity contribution < 1.29 is 19.5 Å². The molecule has 0 aromatic carbocycles. The molecule has 106 valence electrons. The van der Waals surface area contributed by atoms with Crippen LogP contribution in [0.15, 0.2) is 12.2 Å². The Morgan fingerprint density at radius 2 is 1.79 bits per heavy atom. The molecule has 0 aromatic heterocycles. The molecule has 3 amide bonds. The molecule has 0 heterocycles. The summed E-state index contributed by atoms with van der Waals surface area (Å²) < 4.78 is 0. The van der Waals surface area contributed by atoms with Crippen LogP contribution >= 0.6 is 0 Å². The summed E-state index contributed by atoms with van der Waals surface area (Å²) in [5.41, 5.74) is 0.0928. The summed E-state index contributed by atoms with van der Waals surface area (Å²) in [6, 6.07) is -0.591. The van der Waals surface area contributed by atoms with E-state index < -0.39 is 17.9 Å². The van der Waals surface area contributed by atoms with Crippen LogP contribution in [0.5, 0.6) is 0 Å². The third-order valence-electron chi connectivity index (χ3n) is 3.35. The number of hydrogen-bond acceptors (Lipinski definition) is 3. The summed E-state index contributed by atoms with van der Waals surface area (Å²) in [6.07, 6.45) is 7.20. The summed E-state index contributed by atoms with van der Waals surface area (Å²) in [6.45, 7) is 2.65. The number of carbonyl (C=O) groups is 3. The van der Waals surface area contributed by atoms with Crippen LogP contribution in [0.3, 0.4) is 0 Å². The van der Waals surface area contributed by atoms with Gasteiger partial charge in [-0.05, 0) is 18.3 Å². The second-order valence-electron chi connectivity index (χ2n) is 5.21. The van der Waals surface area contributed by atoms with Gasteiger partial charge in [-0.1, -0.05) is 26.2 Å². The van der Waals surface area contributed by atoms with E-state index >= 15 is 0 Å². The molecule has 6 nitrogen and oxygen atoms in total. The molecule has 0 saturated heterocycles. The largest absolute Gasteiger partial charge is 0.478 e. The molecule has 1 aliphatic rings. The van der Waals surface area contributed by atoms with E-state index in [4.69, 9.17) is 5.11 Å². The average Bonchev–Trinajstić information content (AvgIpc) is 2.35. The summed E-state index contributed by atoms with van der Waals surface area (Å²) in [4.78, 5) is 32.8. The van der Waals surface area contributed by atoms with E-state index in [1.54, 1.807) is 0 Å². The first-order chi connectivity index (χ1) is 8.91. The molecule has 0 aromatic rings. The quantitative estimate of drug-likeness (QED) is 0.672. The van der Waals surface area contributed by atoms with Gasteiger partial charge in [0.25, 0.3) is 5.91 Å². The molecule has 1 fully saturated rings. The zero-order valence-corrected chi connectivity index (χ0v) is 11.1. The Labute approximate surface area is 112 Å². The fraction of sp³-hybridized carbons (Fsp3) is 0.615. The highest BCUT2D eigenvalue weighted by atomic mass is 16.4. The van der Waals surface area contributed by atoms with Crippen LogP contribution in [0.4, 0.5) is 4.79 Å². The van der Waals surface area contributed by atoms with Crippen LogP contribution in [0, 0.1) is 5.41 Å². The molecule has 0 bridgehead atoms. The highest BCUT2D eigenvalue weighted by Gasteiger charge is 2.27. The highest BCUT2D eigenvalue weighted by Crippen LogP contribution is 2.34. The molecular formula is C13H20N2O4. The fourth-order valence-electron chi connectivity index (χ4n) is 2.22. The van der Waals surface area contributed by atoms with Crippen LogP contribution in [0.2, 0.25) is 0 Å². The number of aliphatic carboxylic acids is 1.